The van der Waals surface area contributed by atoms with E-state index in [1.54, 1.807) is 0 Å². The maximum absolute atomic E-state index is 13.1. The van der Waals surface area contributed by atoms with E-state index in [-0.39, 0.29) is 29.1 Å². The number of rotatable bonds is 5. The van der Waals surface area contributed by atoms with E-state index in [1.807, 2.05) is 0 Å². The summed E-state index contributed by atoms with van der Waals surface area (Å²) in [6.07, 6.45) is 4.82. The second-order valence-corrected chi connectivity index (χ2v) is 7.87. The Hall–Kier alpha value is -1.10. The Kier molecular flexibility index (Phi) is 6.89. The molecule has 140 valence electrons. The summed E-state index contributed by atoms with van der Waals surface area (Å²) in [5, 5.41) is 0. The third-order valence-corrected chi connectivity index (χ3v) is 6.00. The van der Waals surface area contributed by atoms with Crippen LogP contribution in [0.2, 0.25) is 0 Å². The minimum Gasteiger partial charge on any atom is -0.381 e. The Morgan fingerprint density at radius 3 is 2.52 bits per heavy atom. The van der Waals surface area contributed by atoms with Crippen molar-refractivity contribution in [2.45, 2.75) is 39.0 Å². The van der Waals surface area contributed by atoms with Gasteiger partial charge in [0.05, 0.1) is 5.41 Å². The van der Waals surface area contributed by atoms with E-state index >= 15 is 0 Å². The average molecular weight is 367 g/mol. The highest BCUT2D eigenvalue weighted by molar-refractivity contribution is 5.85. The first-order chi connectivity index (χ1) is 11.6. The number of likely N-dealkylation sites (tertiary alicyclic amines) is 1. The molecule has 2 N–H and O–H groups in total. The summed E-state index contributed by atoms with van der Waals surface area (Å²) in [4.78, 5) is 15.2. The zero-order valence-corrected chi connectivity index (χ0v) is 16.0. The molecule has 2 aliphatic rings. The number of ether oxygens (including phenoxy) is 1. The van der Waals surface area contributed by atoms with Gasteiger partial charge < -0.3 is 15.4 Å². The van der Waals surface area contributed by atoms with Crippen molar-refractivity contribution in [1.82, 2.24) is 4.90 Å². The van der Waals surface area contributed by atoms with Crippen LogP contribution in [-0.2, 0) is 16.0 Å². The normalized spacial score (nSPS) is 25.4. The first-order valence-corrected chi connectivity index (χ1v) is 9.18. The molecule has 2 aliphatic heterocycles. The quantitative estimate of drug-likeness (QED) is 0.871. The summed E-state index contributed by atoms with van der Waals surface area (Å²) in [5.74, 6) is 0.261. The number of nitrogens with zero attached hydrogens (tertiary/aromatic N) is 1. The van der Waals surface area contributed by atoms with Crippen molar-refractivity contribution in [3.05, 3.63) is 35.9 Å². The average Bonchev–Trinajstić information content (AvgIpc) is 3.03. The summed E-state index contributed by atoms with van der Waals surface area (Å²) in [6.45, 7) is 5.80. The van der Waals surface area contributed by atoms with Crippen molar-refractivity contribution < 1.29 is 9.53 Å². The molecule has 0 radical (unpaired) electrons. The van der Waals surface area contributed by atoms with Crippen LogP contribution in [0.15, 0.2) is 30.3 Å². The first kappa shape index (κ1) is 20.2. The summed E-state index contributed by atoms with van der Waals surface area (Å²) < 4.78 is 5.44. The molecule has 1 aromatic rings. The number of hydrogen-bond acceptors (Lipinski definition) is 3. The second-order valence-electron chi connectivity index (χ2n) is 7.87. The number of carbonyl (C=O) groups is 1. The standard InChI is InChI=1S/C20H30N2O2.ClH/c1-19(8-7-17-5-3-2-4-6-17)9-12-22(16-19)18(23)20(15-21)10-13-24-14-11-20;/h2-6H,7-16,21H2,1H3;1H. The third-order valence-electron chi connectivity index (χ3n) is 6.00. The van der Waals surface area contributed by atoms with Gasteiger partial charge in [-0.05, 0) is 43.1 Å². The van der Waals surface area contributed by atoms with Crippen LogP contribution in [0.3, 0.4) is 0 Å². The number of aryl methyl sites for hydroxylation is 1. The van der Waals surface area contributed by atoms with Crippen molar-refractivity contribution in [2.75, 3.05) is 32.8 Å². The largest absolute Gasteiger partial charge is 0.381 e. The Labute approximate surface area is 157 Å². The fourth-order valence-electron chi connectivity index (χ4n) is 4.09. The van der Waals surface area contributed by atoms with Crippen molar-refractivity contribution in [3.8, 4) is 0 Å². The van der Waals surface area contributed by atoms with Crippen molar-refractivity contribution in [1.29, 1.82) is 0 Å². The molecule has 4 nitrogen and oxygen atoms in total. The van der Waals surface area contributed by atoms with Gasteiger partial charge in [0.2, 0.25) is 5.91 Å². The predicted molar refractivity (Wildman–Crippen MR) is 103 cm³/mol. The van der Waals surface area contributed by atoms with Crippen LogP contribution >= 0.6 is 12.4 Å². The van der Waals surface area contributed by atoms with E-state index in [2.05, 4.69) is 42.2 Å². The van der Waals surface area contributed by atoms with Gasteiger partial charge in [-0.3, -0.25) is 4.79 Å². The Bertz CT molecular complexity index is 560. The maximum atomic E-state index is 13.1. The van der Waals surface area contributed by atoms with E-state index in [1.165, 1.54) is 5.56 Å². The van der Waals surface area contributed by atoms with Crippen molar-refractivity contribution in [2.24, 2.45) is 16.6 Å². The number of halogens is 1. The molecule has 1 aromatic carbocycles. The van der Waals surface area contributed by atoms with Gasteiger partial charge in [-0.2, -0.15) is 0 Å². The maximum Gasteiger partial charge on any atom is 0.230 e. The van der Waals surface area contributed by atoms with Gasteiger partial charge in [0.15, 0.2) is 0 Å². The molecule has 0 spiro atoms. The van der Waals surface area contributed by atoms with E-state index in [4.69, 9.17) is 10.5 Å². The van der Waals surface area contributed by atoms with Gasteiger partial charge in [0.1, 0.15) is 0 Å². The third kappa shape index (κ3) is 4.55. The van der Waals surface area contributed by atoms with Crippen LogP contribution in [0.1, 0.15) is 38.2 Å². The second kappa shape index (κ2) is 8.52. The molecule has 0 aromatic heterocycles. The highest BCUT2D eigenvalue weighted by Crippen LogP contribution is 2.39. The lowest BCUT2D eigenvalue weighted by Gasteiger charge is -2.38. The summed E-state index contributed by atoms with van der Waals surface area (Å²) in [5.41, 5.74) is 7.22. The van der Waals surface area contributed by atoms with Crippen LogP contribution in [0, 0.1) is 10.8 Å². The smallest absolute Gasteiger partial charge is 0.230 e. The molecule has 3 rings (SSSR count). The first-order valence-electron chi connectivity index (χ1n) is 9.18. The molecule has 0 saturated carbocycles. The Morgan fingerprint density at radius 1 is 1.20 bits per heavy atom. The molecule has 1 atom stereocenters. The van der Waals surface area contributed by atoms with Crippen molar-refractivity contribution >= 4 is 18.3 Å². The predicted octanol–water partition coefficient (Wildman–Crippen LogP) is 3.04. The molecule has 25 heavy (non-hydrogen) atoms. The van der Waals surface area contributed by atoms with Crippen LogP contribution in [-0.4, -0.2) is 43.7 Å². The SMILES string of the molecule is CC1(CCc2ccccc2)CCN(C(=O)C2(CN)CCOCC2)C1.Cl. The van der Waals surface area contributed by atoms with E-state index in [0.29, 0.717) is 19.8 Å². The Balaban J connectivity index is 0.00000225. The minimum absolute atomic E-state index is 0. The number of benzene rings is 1. The van der Waals surface area contributed by atoms with Gasteiger partial charge in [0, 0.05) is 32.8 Å². The molecule has 2 fully saturated rings. The van der Waals surface area contributed by atoms with Gasteiger partial charge in [0.25, 0.3) is 0 Å². The van der Waals surface area contributed by atoms with Gasteiger partial charge >= 0.3 is 0 Å². The minimum atomic E-state index is -0.386. The molecule has 5 heteroatoms. The molecular formula is C20H31ClN2O2. The van der Waals surface area contributed by atoms with E-state index in [0.717, 1.165) is 45.2 Å². The van der Waals surface area contributed by atoms with Gasteiger partial charge in [-0.1, -0.05) is 37.3 Å². The van der Waals surface area contributed by atoms with Gasteiger partial charge in [-0.25, -0.2) is 0 Å². The zero-order chi connectivity index (χ0) is 17.0. The fraction of sp³-hybridized carbons (Fsp3) is 0.650. The van der Waals surface area contributed by atoms with Crippen LogP contribution in [0.25, 0.3) is 0 Å². The summed E-state index contributed by atoms with van der Waals surface area (Å²) >= 11 is 0. The molecule has 1 amide bonds. The van der Waals surface area contributed by atoms with Crippen LogP contribution < -0.4 is 5.73 Å². The molecule has 2 saturated heterocycles. The van der Waals surface area contributed by atoms with Crippen LogP contribution in [0.5, 0.6) is 0 Å². The number of carbonyl (C=O) groups excluding carboxylic acids is 1. The lowest BCUT2D eigenvalue weighted by atomic mass is 9.78. The summed E-state index contributed by atoms with van der Waals surface area (Å²) in [7, 11) is 0. The highest BCUT2D eigenvalue weighted by atomic mass is 35.5. The summed E-state index contributed by atoms with van der Waals surface area (Å²) in [6, 6.07) is 10.6. The fourth-order valence-corrected chi connectivity index (χ4v) is 4.09. The molecule has 0 aliphatic carbocycles. The highest BCUT2D eigenvalue weighted by Gasteiger charge is 2.45. The Morgan fingerprint density at radius 2 is 1.88 bits per heavy atom. The van der Waals surface area contributed by atoms with Crippen molar-refractivity contribution in [3.63, 3.8) is 0 Å². The number of amides is 1. The monoisotopic (exact) mass is 366 g/mol. The van der Waals surface area contributed by atoms with Gasteiger partial charge in [-0.15, -0.1) is 12.4 Å². The molecule has 2 heterocycles. The molecule has 1 unspecified atom stereocenters. The lowest BCUT2D eigenvalue weighted by molar-refractivity contribution is -0.146. The topological polar surface area (TPSA) is 55.6 Å². The van der Waals surface area contributed by atoms with Crippen LogP contribution in [0.4, 0.5) is 0 Å². The molecular weight excluding hydrogens is 336 g/mol. The lowest BCUT2D eigenvalue weighted by Crippen LogP contribution is -2.50. The zero-order valence-electron chi connectivity index (χ0n) is 15.2. The van der Waals surface area contributed by atoms with E-state index in [9.17, 15) is 4.79 Å². The number of nitrogens with two attached hydrogens (primary N) is 1. The number of hydrogen-bond donors (Lipinski definition) is 1. The van der Waals surface area contributed by atoms with E-state index < -0.39 is 0 Å². The molecule has 0 bridgehead atoms.